The SMILES string of the molecule is CC(C)(C)CCCNCc1ccc([N+](=O)[O-])cc1. The molecule has 0 spiro atoms. The lowest BCUT2D eigenvalue weighted by molar-refractivity contribution is -0.384. The molecule has 18 heavy (non-hydrogen) atoms. The van der Waals surface area contributed by atoms with Crippen molar-refractivity contribution in [3.63, 3.8) is 0 Å². The van der Waals surface area contributed by atoms with E-state index in [0.29, 0.717) is 5.41 Å². The molecule has 1 aromatic rings. The van der Waals surface area contributed by atoms with Crippen LogP contribution in [0.15, 0.2) is 24.3 Å². The Morgan fingerprint density at radius 1 is 1.22 bits per heavy atom. The normalized spacial score (nSPS) is 11.5. The highest BCUT2D eigenvalue weighted by molar-refractivity contribution is 5.32. The van der Waals surface area contributed by atoms with E-state index >= 15 is 0 Å². The Bertz CT molecular complexity index is 380. The number of nitrogens with zero attached hydrogens (tertiary/aromatic N) is 1. The van der Waals surface area contributed by atoms with Crippen molar-refractivity contribution < 1.29 is 4.92 Å². The van der Waals surface area contributed by atoms with Gasteiger partial charge in [-0.3, -0.25) is 10.1 Å². The smallest absolute Gasteiger partial charge is 0.269 e. The molecule has 4 nitrogen and oxygen atoms in total. The molecule has 0 atom stereocenters. The number of nitro benzene ring substituents is 1. The van der Waals surface area contributed by atoms with E-state index in [-0.39, 0.29) is 10.6 Å². The van der Waals surface area contributed by atoms with Crippen LogP contribution in [-0.2, 0) is 6.54 Å². The third-order valence-corrected chi connectivity index (χ3v) is 2.76. The molecule has 0 amide bonds. The second-order valence-electron chi connectivity index (χ2n) is 5.76. The van der Waals surface area contributed by atoms with Crippen LogP contribution < -0.4 is 5.32 Å². The van der Waals surface area contributed by atoms with Crippen LogP contribution in [0.25, 0.3) is 0 Å². The van der Waals surface area contributed by atoms with Crippen LogP contribution in [0.5, 0.6) is 0 Å². The molecule has 0 saturated heterocycles. The van der Waals surface area contributed by atoms with Crippen molar-refractivity contribution in [3.05, 3.63) is 39.9 Å². The summed E-state index contributed by atoms with van der Waals surface area (Å²) < 4.78 is 0. The minimum Gasteiger partial charge on any atom is -0.313 e. The Balaban J connectivity index is 2.25. The van der Waals surface area contributed by atoms with Gasteiger partial charge in [0.15, 0.2) is 0 Å². The summed E-state index contributed by atoms with van der Waals surface area (Å²) in [6, 6.07) is 6.70. The maximum atomic E-state index is 10.5. The number of non-ortho nitro benzene ring substituents is 1. The summed E-state index contributed by atoms with van der Waals surface area (Å²) in [7, 11) is 0. The van der Waals surface area contributed by atoms with Crippen molar-refractivity contribution in [2.24, 2.45) is 5.41 Å². The van der Waals surface area contributed by atoms with Crippen molar-refractivity contribution in [2.75, 3.05) is 6.54 Å². The molecule has 0 aliphatic heterocycles. The van der Waals surface area contributed by atoms with E-state index in [9.17, 15) is 10.1 Å². The van der Waals surface area contributed by atoms with E-state index < -0.39 is 0 Å². The second kappa shape index (κ2) is 6.50. The second-order valence-corrected chi connectivity index (χ2v) is 5.76. The van der Waals surface area contributed by atoms with E-state index in [0.717, 1.165) is 25.1 Å². The van der Waals surface area contributed by atoms with Crippen LogP contribution in [0.2, 0.25) is 0 Å². The lowest BCUT2D eigenvalue weighted by atomic mass is 9.91. The van der Waals surface area contributed by atoms with E-state index in [1.807, 2.05) is 0 Å². The summed E-state index contributed by atoms with van der Waals surface area (Å²) in [6.45, 7) is 8.46. The fourth-order valence-corrected chi connectivity index (χ4v) is 1.71. The van der Waals surface area contributed by atoms with Crippen LogP contribution in [0.3, 0.4) is 0 Å². The number of hydrogen-bond acceptors (Lipinski definition) is 3. The topological polar surface area (TPSA) is 55.2 Å². The molecule has 0 fully saturated rings. The molecule has 0 radical (unpaired) electrons. The van der Waals surface area contributed by atoms with Crippen LogP contribution in [0.4, 0.5) is 5.69 Å². The molecule has 100 valence electrons. The molecule has 0 aromatic heterocycles. The first kappa shape index (κ1) is 14.6. The van der Waals surface area contributed by atoms with Crippen molar-refractivity contribution >= 4 is 5.69 Å². The lowest BCUT2D eigenvalue weighted by Crippen LogP contribution is -2.17. The summed E-state index contributed by atoms with van der Waals surface area (Å²) in [4.78, 5) is 10.1. The van der Waals surface area contributed by atoms with Gasteiger partial charge < -0.3 is 5.32 Å². The van der Waals surface area contributed by atoms with Crippen molar-refractivity contribution in [2.45, 2.75) is 40.2 Å². The minimum atomic E-state index is -0.374. The van der Waals surface area contributed by atoms with Gasteiger partial charge in [-0.1, -0.05) is 32.9 Å². The fourth-order valence-electron chi connectivity index (χ4n) is 1.71. The van der Waals surface area contributed by atoms with E-state index in [1.165, 1.54) is 6.42 Å². The predicted octanol–water partition coefficient (Wildman–Crippen LogP) is 3.51. The van der Waals surface area contributed by atoms with Crippen LogP contribution >= 0.6 is 0 Å². The van der Waals surface area contributed by atoms with Gasteiger partial charge in [0.1, 0.15) is 0 Å². The van der Waals surface area contributed by atoms with Crippen LogP contribution in [-0.4, -0.2) is 11.5 Å². The van der Waals surface area contributed by atoms with Crippen molar-refractivity contribution in [1.82, 2.24) is 5.32 Å². The van der Waals surface area contributed by atoms with Crippen LogP contribution in [0.1, 0.15) is 39.2 Å². The largest absolute Gasteiger partial charge is 0.313 e. The van der Waals surface area contributed by atoms with E-state index in [2.05, 4.69) is 26.1 Å². The zero-order valence-electron chi connectivity index (χ0n) is 11.4. The van der Waals surface area contributed by atoms with Gasteiger partial charge in [-0.05, 0) is 30.4 Å². The zero-order valence-corrected chi connectivity index (χ0v) is 11.4. The Kier molecular flexibility index (Phi) is 5.28. The molecule has 0 bridgehead atoms. The number of rotatable bonds is 6. The first-order chi connectivity index (χ1) is 8.38. The first-order valence-electron chi connectivity index (χ1n) is 6.32. The van der Waals surface area contributed by atoms with E-state index in [4.69, 9.17) is 0 Å². The summed E-state index contributed by atoms with van der Waals surface area (Å²) in [5, 5.41) is 13.8. The van der Waals surface area contributed by atoms with Crippen molar-refractivity contribution in [3.8, 4) is 0 Å². The van der Waals surface area contributed by atoms with Gasteiger partial charge in [-0.25, -0.2) is 0 Å². The summed E-state index contributed by atoms with van der Waals surface area (Å²) in [5.41, 5.74) is 1.61. The minimum absolute atomic E-state index is 0.145. The third-order valence-electron chi connectivity index (χ3n) is 2.76. The fraction of sp³-hybridized carbons (Fsp3) is 0.571. The highest BCUT2D eigenvalue weighted by Crippen LogP contribution is 2.19. The third kappa shape index (κ3) is 5.77. The molecule has 4 heteroatoms. The van der Waals surface area contributed by atoms with Gasteiger partial charge in [0.2, 0.25) is 0 Å². The molecule has 1 aromatic carbocycles. The lowest BCUT2D eigenvalue weighted by Gasteiger charge is -2.17. The Hall–Kier alpha value is -1.42. The predicted molar refractivity (Wildman–Crippen MR) is 73.5 cm³/mol. The maximum absolute atomic E-state index is 10.5. The molecule has 0 saturated carbocycles. The van der Waals surface area contributed by atoms with Crippen molar-refractivity contribution in [1.29, 1.82) is 0 Å². The van der Waals surface area contributed by atoms with Gasteiger partial charge in [-0.15, -0.1) is 0 Å². The summed E-state index contributed by atoms with van der Waals surface area (Å²) in [5.74, 6) is 0. The molecule has 1 rings (SSSR count). The Labute approximate surface area is 109 Å². The Morgan fingerprint density at radius 2 is 1.83 bits per heavy atom. The highest BCUT2D eigenvalue weighted by atomic mass is 16.6. The zero-order chi connectivity index (χ0) is 13.6. The first-order valence-corrected chi connectivity index (χ1v) is 6.32. The molecule has 0 heterocycles. The van der Waals surface area contributed by atoms with Gasteiger partial charge in [0.05, 0.1) is 4.92 Å². The standard InChI is InChI=1S/C14H22N2O2/c1-14(2,3)9-4-10-15-11-12-5-7-13(8-6-12)16(17)18/h5-8,15H,4,9-11H2,1-3H3. The molecular formula is C14H22N2O2. The van der Waals surface area contributed by atoms with Gasteiger partial charge in [0, 0.05) is 18.7 Å². The van der Waals surface area contributed by atoms with E-state index in [1.54, 1.807) is 24.3 Å². The number of nitrogens with one attached hydrogen (secondary N) is 1. The molecule has 1 N–H and O–H groups in total. The summed E-state index contributed by atoms with van der Waals surface area (Å²) >= 11 is 0. The highest BCUT2D eigenvalue weighted by Gasteiger charge is 2.08. The maximum Gasteiger partial charge on any atom is 0.269 e. The monoisotopic (exact) mass is 250 g/mol. The Morgan fingerprint density at radius 3 is 2.33 bits per heavy atom. The molecule has 0 unspecified atom stereocenters. The molecule has 0 aliphatic carbocycles. The van der Waals surface area contributed by atoms with Gasteiger partial charge in [0.25, 0.3) is 5.69 Å². The van der Waals surface area contributed by atoms with Gasteiger partial charge >= 0.3 is 0 Å². The quantitative estimate of drug-likeness (QED) is 0.477. The number of hydrogen-bond donors (Lipinski definition) is 1. The number of benzene rings is 1. The average Bonchev–Trinajstić information content (AvgIpc) is 2.27. The molecular weight excluding hydrogens is 228 g/mol. The number of nitro groups is 1. The molecule has 0 aliphatic rings. The summed E-state index contributed by atoms with van der Waals surface area (Å²) in [6.07, 6.45) is 2.34. The average molecular weight is 250 g/mol. The van der Waals surface area contributed by atoms with Gasteiger partial charge in [-0.2, -0.15) is 0 Å². The van der Waals surface area contributed by atoms with Crippen LogP contribution in [0, 0.1) is 15.5 Å².